The number of nitrogens with zero attached hydrogens (tertiary/aromatic N) is 1. The van der Waals surface area contributed by atoms with Crippen molar-refractivity contribution in [1.29, 1.82) is 0 Å². The minimum Gasteiger partial charge on any atom is -0.497 e. The van der Waals surface area contributed by atoms with E-state index in [1.807, 2.05) is 24.3 Å². The Morgan fingerprint density at radius 3 is 2.72 bits per heavy atom. The molecular weight excluding hydrogens is 435 g/mol. The van der Waals surface area contributed by atoms with Crippen LogP contribution in [0.25, 0.3) is 10.6 Å². The third-order valence-electron chi connectivity index (χ3n) is 3.92. The molecule has 0 spiro atoms. The second-order valence-corrected chi connectivity index (χ2v) is 7.64. The zero-order chi connectivity index (χ0) is 20.8. The Labute approximate surface area is 182 Å². The van der Waals surface area contributed by atoms with Gasteiger partial charge in [-0.1, -0.05) is 29.3 Å². The van der Waals surface area contributed by atoms with Crippen LogP contribution in [0.3, 0.4) is 0 Å². The number of ether oxygens (including phenoxy) is 2. The highest BCUT2D eigenvalue weighted by atomic mass is 35.5. The lowest BCUT2D eigenvalue weighted by atomic mass is 10.2. The SMILES string of the molecule is COc1ccc(-c2nc(C(=O)NCC(O)COc3cccc(Cl)c3Cl)cs2)cc1. The van der Waals surface area contributed by atoms with Gasteiger partial charge in [0.15, 0.2) is 0 Å². The molecule has 0 bridgehead atoms. The van der Waals surface area contributed by atoms with E-state index >= 15 is 0 Å². The van der Waals surface area contributed by atoms with E-state index in [1.165, 1.54) is 11.3 Å². The number of hydrogen-bond donors (Lipinski definition) is 2. The number of aliphatic hydroxyl groups excluding tert-OH is 1. The number of thiazole rings is 1. The summed E-state index contributed by atoms with van der Waals surface area (Å²) < 4.78 is 10.6. The van der Waals surface area contributed by atoms with Crippen LogP contribution < -0.4 is 14.8 Å². The fourth-order valence-electron chi connectivity index (χ4n) is 2.39. The number of aliphatic hydroxyl groups is 1. The largest absolute Gasteiger partial charge is 0.497 e. The minimum absolute atomic E-state index is 0.00636. The molecule has 0 radical (unpaired) electrons. The van der Waals surface area contributed by atoms with Crippen molar-refractivity contribution in [2.24, 2.45) is 0 Å². The van der Waals surface area contributed by atoms with E-state index in [9.17, 15) is 9.90 Å². The summed E-state index contributed by atoms with van der Waals surface area (Å²) in [7, 11) is 1.60. The third kappa shape index (κ3) is 5.61. The highest BCUT2D eigenvalue weighted by Gasteiger charge is 2.15. The summed E-state index contributed by atoms with van der Waals surface area (Å²) in [4.78, 5) is 16.6. The molecule has 1 amide bonds. The second kappa shape index (κ2) is 9.93. The van der Waals surface area contributed by atoms with Crippen molar-refractivity contribution < 1.29 is 19.4 Å². The maximum atomic E-state index is 12.3. The quantitative estimate of drug-likeness (QED) is 0.532. The molecule has 1 heterocycles. The normalized spacial score (nSPS) is 11.7. The first-order valence-corrected chi connectivity index (χ1v) is 10.2. The van der Waals surface area contributed by atoms with Gasteiger partial charge in [-0.25, -0.2) is 4.98 Å². The molecule has 3 aromatic rings. The number of amides is 1. The van der Waals surface area contributed by atoms with E-state index in [-0.39, 0.29) is 29.8 Å². The number of nitrogens with one attached hydrogen (secondary N) is 1. The predicted molar refractivity (Wildman–Crippen MR) is 114 cm³/mol. The maximum Gasteiger partial charge on any atom is 0.270 e. The van der Waals surface area contributed by atoms with Gasteiger partial charge in [0.05, 0.1) is 12.1 Å². The number of methoxy groups -OCH3 is 1. The summed E-state index contributed by atoms with van der Waals surface area (Å²) in [5, 5.41) is 15.7. The molecule has 0 fully saturated rings. The topological polar surface area (TPSA) is 80.7 Å². The van der Waals surface area contributed by atoms with Gasteiger partial charge in [-0.3, -0.25) is 4.79 Å². The van der Waals surface area contributed by atoms with Crippen LogP contribution in [-0.4, -0.2) is 42.4 Å². The summed E-state index contributed by atoms with van der Waals surface area (Å²) in [6, 6.07) is 12.4. The second-order valence-electron chi connectivity index (χ2n) is 5.99. The molecule has 1 atom stereocenters. The summed E-state index contributed by atoms with van der Waals surface area (Å²) in [5.41, 5.74) is 1.17. The van der Waals surface area contributed by atoms with Crippen LogP contribution in [-0.2, 0) is 0 Å². The fraction of sp³-hybridized carbons (Fsp3) is 0.200. The highest BCUT2D eigenvalue weighted by molar-refractivity contribution is 7.13. The van der Waals surface area contributed by atoms with Crippen molar-refractivity contribution >= 4 is 40.4 Å². The Hall–Kier alpha value is -2.32. The van der Waals surface area contributed by atoms with E-state index < -0.39 is 6.10 Å². The molecular formula is C20H18Cl2N2O4S. The minimum atomic E-state index is -0.923. The Kier molecular flexibility index (Phi) is 7.33. The fourth-order valence-corrected chi connectivity index (χ4v) is 3.54. The van der Waals surface area contributed by atoms with Crippen molar-refractivity contribution in [3.8, 4) is 22.1 Å². The van der Waals surface area contributed by atoms with Crippen LogP contribution in [0, 0.1) is 0 Å². The monoisotopic (exact) mass is 452 g/mol. The number of halogens is 2. The number of aromatic nitrogens is 1. The van der Waals surface area contributed by atoms with Crippen LogP contribution >= 0.6 is 34.5 Å². The maximum absolute atomic E-state index is 12.3. The average Bonchev–Trinajstić information content (AvgIpc) is 3.23. The Morgan fingerprint density at radius 1 is 1.24 bits per heavy atom. The van der Waals surface area contributed by atoms with Gasteiger partial charge >= 0.3 is 0 Å². The number of carbonyl (C=O) groups is 1. The van der Waals surface area contributed by atoms with E-state index in [0.29, 0.717) is 10.8 Å². The molecule has 0 saturated heterocycles. The molecule has 0 aliphatic carbocycles. The number of benzene rings is 2. The van der Waals surface area contributed by atoms with Gasteiger partial charge in [-0.2, -0.15) is 0 Å². The lowest BCUT2D eigenvalue weighted by molar-refractivity contribution is 0.0840. The molecule has 29 heavy (non-hydrogen) atoms. The van der Waals surface area contributed by atoms with Crippen LogP contribution in [0.5, 0.6) is 11.5 Å². The predicted octanol–water partition coefficient (Wildman–Crippen LogP) is 4.30. The van der Waals surface area contributed by atoms with Gasteiger partial charge in [-0.15, -0.1) is 11.3 Å². The molecule has 2 N–H and O–H groups in total. The van der Waals surface area contributed by atoms with Crippen LogP contribution in [0.2, 0.25) is 10.0 Å². The van der Waals surface area contributed by atoms with E-state index in [2.05, 4.69) is 10.3 Å². The number of hydrogen-bond acceptors (Lipinski definition) is 6. The van der Waals surface area contributed by atoms with Gasteiger partial charge in [0, 0.05) is 17.5 Å². The molecule has 1 aromatic heterocycles. The van der Waals surface area contributed by atoms with Gasteiger partial charge < -0.3 is 19.9 Å². The summed E-state index contributed by atoms with van der Waals surface area (Å²) >= 11 is 13.3. The first-order valence-electron chi connectivity index (χ1n) is 8.61. The van der Waals surface area contributed by atoms with E-state index in [0.717, 1.165) is 16.3 Å². The van der Waals surface area contributed by atoms with Crippen LogP contribution in [0.4, 0.5) is 0 Å². The molecule has 9 heteroatoms. The molecule has 2 aromatic carbocycles. The molecule has 1 unspecified atom stereocenters. The van der Waals surface area contributed by atoms with Crippen LogP contribution in [0.1, 0.15) is 10.5 Å². The van der Waals surface area contributed by atoms with Crippen molar-refractivity contribution in [2.45, 2.75) is 6.10 Å². The standard InChI is InChI=1S/C20H18Cl2N2O4S/c1-27-14-7-5-12(6-8-14)20-24-16(11-29-20)19(26)23-9-13(25)10-28-17-4-2-3-15(21)18(17)22/h2-8,11,13,25H,9-10H2,1H3,(H,23,26). The molecule has 6 nitrogen and oxygen atoms in total. The van der Waals surface area contributed by atoms with Crippen molar-refractivity contribution in [3.63, 3.8) is 0 Å². The highest BCUT2D eigenvalue weighted by Crippen LogP contribution is 2.31. The number of carbonyl (C=O) groups excluding carboxylic acids is 1. The molecule has 3 rings (SSSR count). The Morgan fingerprint density at radius 2 is 2.00 bits per heavy atom. The lowest BCUT2D eigenvalue weighted by Gasteiger charge is -2.14. The van der Waals surface area contributed by atoms with Gasteiger partial charge in [0.1, 0.15) is 39.9 Å². The van der Waals surface area contributed by atoms with Crippen molar-refractivity contribution in [2.75, 3.05) is 20.3 Å². The summed E-state index contributed by atoms with van der Waals surface area (Å²) in [5.74, 6) is 0.743. The Bertz CT molecular complexity index is 979. The molecule has 0 saturated carbocycles. The van der Waals surface area contributed by atoms with E-state index in [1.54, 1.807) is 30.7 Å². The molecule has 0 aliphatic heterocycles. The van der Waals surface area contributed by atoms with Gasteiger partial charge in [0.25, 0.3) is 5.91 Å². The smallest absolute Gasteiger partial charge is 0.270 e. The summed E-state index contributed by atoms with van der Waals surface area (Å²) in [6.45, 7) is -0.0408. The first kappa shape index (κ1) is 21.4. The van der Waals surface area contributed by atoms with Gasteiger partial charge in [-0.05, 0) is 36.4 Å². The van der Waals surface area contributed by atoms with E-state index in [4.69, 9.17) is 32.7 Å². The third-order valence-corrected chi connectivity index (χ3v) is 5.61. The number of rotatable bonds is 8. The zero-order valence-electron chi connectivity index (χ0n) is 15.4. The molecule has 0 aliphatic rings. The van der Waals surface area contributed by atoms with Crippen molar-refractivity contribution in [3.05, 3.63) is 63.6 Å². The Balaban J connectivity index is 1.51. The van der Waals surface area contributed by atoms with Gasteiger partial charge in [0.2, 0.25) is 0 Å². The van der Waals surface area contributed by atoms with Crippen LogP contribution in [0.15, 0.2) is 47.8 Å². The lowest BCUT2D eigenvalue weighted by Crippen LogP contribution is -2.35. The zero-order valence-corrected chi connectivity index (χ0v) is 17.7. The summed E-state index contributed by atoms with van der Waals surface area (Å²) in [6.07, 6.45) is -0.923. The van der Waals surface area contributed by atoms with Crippen molar-refractivity contribution in [1.82, 2.24) is 10.3 Å². The average molecular weight is 453 g/mol. The first-order chi connectivity index (χ1) is 14.0. The molecule has 152 valence electrons.